The minimum absolute atomic E-state index is 0.222. The van der Waals surface area contributed by atoms with Gasteiger partial charge < -0.3 is 10.4 Å². The van der Waals surface area contributed by atoms with Gasteiger partial charge in [0, 0.05) is 12.7 Å². The lowest BCUT2D eigenvalue weighted by molar-refractivity contribution is -0.147. The van der Waals surface area contributed by atoms with Crippen molar-refractivity contribution in [3.05, 3.63) is 29.6 Å². The highest BCUT2D eigenvalue weighted by Gasteiger charge is 2.33. The van der Waals surface area contributed by atoms with E-state index in [1.54, 1.807) is 10.9 Å². The molecule has 2 rings (SSSR count). The van der Waals surface area contributed by atoms with E-state index in [0.29, 0.717) is 31.0 Å². The molecule has 0 aromatic carbocycles. The summed E-state index contributed by atoms with van der Waals surface area (Å²) < 4.78 is 1.62. The number of carbonyl (C=O) groups is 2. The number of hydrogen-bond donors (Lipinski definition) is 2. The Kier molecular flexibility index (Phi) is 4.79. The van der Waals surface area contributed by atoms with Gasteiger partial charge in [-0.25, -0.2) is 0 Å². The molecule has 0 aliphatic heterocycles. The molecule has 6 nitrogen and oxygen atoms in total. The van der Waals surface area contributed by atoms with Crippen molar-refractivity contribution in [3.8, 4) is 0 Å². The Labute approximate surface area is 121 Å². The third-order valence-corrected chi connectivity index (χ3v) is 3.52. The molecular formula is C13H16ClN3O3. The molecule has 108 valence electrons. The Morgan fingerprint density at radius 1 is 1.40 bits per heavy atom. The highest BCUT2D eigenvalue weighted by atomic mass is 35.5. The fourth-order valence-corrected chi connectivity index (χ4v) is 2.42. The predicted molar refractivity (Wildman–Crippen MR) is 73.2 cm³/mol. The average Bonchev–Trinajstić information content (AvgIpc) is 2.84. The van der Waals surface area contributed by atoms with Crippen molar-refractivity contribution in [3.63, 3.8) is 0 Å². The second-order valence-corrected chi connectivity index (χ2v) is 5.14. The largest absolute Gasteiger partial charge is 0.481 e. The molecule has 1 aliphatic rings. The molecule has 1 aromatic rings. The first kappa shape index (κ1) is 14.6. The van der Waals surface area contributed by atoms with Crippen molar-refractivity contribution in [2.45, 2.75) is 19.4 Å². The number of amides is 1. The highest BCUT2D eigenvalue weighted by Crippen LogP contribution is 2.25. The van der Waals surface area contributed by atoms with E-state index < -0.39 is 17.8 Å². The SMILES string of the molecule is O=C(O)[C@H]1CC=CC[C@@H]1C(=O)NCCn1cc(Cl)cn1. The summed E-state index contributed by atoms with van der Waals surface area (Å²) in [6.45, 7) is 0.891. The molecular weight excluding hydrogens is 282 g/mol. The third-order valence-electron chi connectivity index (χ3n) is 3.33. The van der Waals surface area contributed by atoms with Crippen LogP contribution in [0.1, 0.15) is 12.8 Å². The first-order chi connectivity index (χ1) is 9.58. The summed E-state index contributed by atoms with van der Waals surface area (Å²) in [5.74, 6) is -2.29. The van der Waals surface area contributed by atoms with Gasteiger partial charge in [0.25, 0.3) is 0 Å². The number of nitrogens with zero attached hydrogens (tertiary/aromatic N) is 2. The van der Waals surface area contributed by atoms with Crippen molar-refractivity contribution in [2.24, 2.45) is 11.8 Å². The van der Waals surface area contributed by atoms with Crippen LogP contribution in [0.5, 0.6) is 0 Å². The molecule has 1 heterocycles. The number of hydrogen-bond acceptors (Lipinski definition) is 3. The number of nitrogens with one attached hydrogen (secondary N) is 1. The molecule has 20 heavy (non-hydrogen) atoms. The molecule has 0 spiro atoms. The molecule has 2 N–H and O–H groups in total. The van der Waals surface area contributed by atoms with Crippen LogP contribution in [-0.2, 0) is 16.1 Å². The summed E-state index contributed by atoms with van der Waals surface area (Å²) in [5, 5.41) is 16.4. The summed E-state index contributed by atoms with van der Waals surface area (Å²) in [4.78, 5) is 23.2. The van der Waals surface area contributed by atoms with Gasteiger partial charge in [-0.1, -0.05) is 23.8 Å². The van der Waals surface area contributed by atoms with E-state index in [2.05, 4.69) is 10.4 Å². The Bertz CT molecular complexity index is 527. The Balaban J connectivity index is 1.84. The van der Waals surface area contributed by atoms with E-state index in [-0.39, 0.29) is 5.91 Å². The van der Waals surface area contributed by atoms with Gasteiger partial charge in [0.05, 0.1) is 29.6 Å². The molecule has 2 atom stereocenters. The van der Waals surface area contributed by atoms with Gasteiger partial charge in [0.15, 0.2) is 0 Å². The molecule has 1 aromatic heterocycles. The van der Waals surface area contributed by atoms with Gasteiger partial charge in [-0.15, -0.1) is 0 Å². The van der Waals surface area contributed by atoms with Gasteiger partial charge in [0.2, 0.25) is 5.91 Å². The van der Waals surface area contributed by atoms with E-state index in [4.69, 9.17) is 16.7 Å². The van der Waals surface area contributed by atoms with Gasteiger partial charge >= 0.3 is 5.97 Å². The molecule has 0 fully saturated rings. The van der Waals surface area contributed by atoms with E-state index in [1.165, 1.54) is 6.20 Å². The van der Waals surface area contributed by atoms with Crippen LogP contribution in [0.2, 0.25) is 5.02 Å². The Morgan fingerprint density at radius 2 is 2.10 bits per heavy atom. The topological polar surface area (TPSA) is 84.2 Å². The van der Waals surface area contributed by atoms with Crippen LogP contribution < -0.4 is 5.32 Å². The summed E-state index contributed by atoms with van der Waals surface area (Å²) >= 11 is 5.73. The number of aliphatic carboxylic acids is 1. The van der Waals surface area contributed by atoms with Crippen LogP contribution in [0.4, 0.5) is 0 Å². The molecule has 0 bridgehead atoms. The van der Waals surface area contributed by atoms with E-state index in [1.807, 2.05) is 12.2 Å². The molecule has 1 amide bonds. The van der Waals surface area contributed by atoms with Crippen LogP contribution in [0, 0.1) is 11.8 Å². The zero-order chi connectivity index (χ0) is 14.5. The zero-order valence-corrected chi connectivity index (χ0v) is 11.6. The van der Waals surface area contributed by atoms with Crippen LogP contribution in [-0.4, -0.2) is 33.3 Å². The second kappa shape index (κ2) is 6.56. The minimum Gasteiger partial charge on any atom is -0.481 e. The fourth-order valence-electron chi connectivity index (χ4n) is 2.26. The predicted octanol–water partition coefficient (Wildman–Crippen LogP) is 1.32. The maximum absolute atomic E-state index is 12.0. The fraction of sp³-hybridized carbons (Fsp3) is 0.462. The monoisotopic (exact) mass is 297 g/mol. The lowest BCUT2D eigenvalue weighted by atomic mass is 9.82. The number of carboxylic acids is 1. The van der Waals surface area contributed by atoms with E-state index >= 15 is 0 Å². The quantitative estimate of drug-likeness (QED) is 0.803. The standard InChI is InChI=1S/C13H16ClN3O3/c14-9-7-16-17(8-9)6-5-15-12(18)10-3-1-2-4-11(10)13(19)20/h1-2,7-8,10-11H,3-6H2,(H,15,18)(H,19,20)/t10-,11-/m0/s1. The normalized spacial score (nSPS) is 21.6. The molecule has 1 aliphatic carbocycles. The van der Waals surface area contributed by atoms with Crippen molar-refractivity contribution in [1.29, 1.82) is 0 Å². The third kappa shape index (κ3) is 3.60. The number of carboxylic acid groups (broad SMARTS) is 1. The lowest BCUT2D eigenvalue weighted by Gasteiger charge is -2.24. The maximum atomic E-state index is 12.0. The average molecular weight is 298 g/mol. The highest BCUT2D eigenvalue weighted by molar-refractivity contribution is 6.30. The molecule has 0 saturated carbocycles. The second-order valence-electron chi connectivity index (χ2n) is 4.71. The van der Waals surface area contributed by atoms with Crippen LogP contribution >= 0.6 is 11.6 Å². The van der Waals surface area contributed by atoms with Gasteiger partial charge in [-0.05, 0) is 12.8 Å². The summed E-state index contributed by atoms with van der Waals surface area (Å²) in [6, 6.07) is 0. The van der Waals surface area contributed by atoms with Crippen LogP contribution in [0.15, 0.2) is 24.5 Å². The van der Waals surface area contributed by atoms with Crippen molar-refractivity contribution in [1.82, 2.24) is 15.1 Å². The van der Waals surface area contributed by atoms with E-state index in [9.17, 15) is 9.59 Å². The maximum Gasteiger partial charge on any atom is 0.307 e. The van der Waals surface area contributed by atoms with Crippen molar-refractivity contribution < 1.29 is 14.7 Å². The molecule has 0 radical (unpaired) electrons. The summed E-state index contributed by atoms with van der Waals surface area (Å²) in [6.07, 6.45) is 7.73. The lowest BCUT2D eigenvalue weighted by Crippen LogP contribution is -2.39. The number of aromatic nitrogens is 2. The number of allylic oxidation sites excluding steroid dienone is 2. The van der Waals surface area contributed by atoms with Crippen LogP contribution in [0.3, 0.4) is 0 Å². The Hall–Kier alpha value is -1.82. The van der Waals surface area contributed by atoms with Crippen molar-refractivity contribution >= 4 is 23.5 Å². The van der Waals surface area contributed by atoms with E-state index in [0.717, 1.165) is 0 Å². The van der Waals surface area contributed by atoms with Crippen LogP contribution in [0.25, 0.3) is 0 Å². The van der Waals surface area contributed by atoms with Gasteiger partial charge in [0.1, 0.15) is 0 Å². The summed E-state index contributed by atoms with van der Waals surface area (Å²) in [7, 11) is 0. The molecule has 7 heteroatoms. The first-order valence-electron chi connectivity index (χ1n) is 6.41. The zero-order valence-electron chi connectivity index (χ0n) is 10.8. The van der Waals surface area contributed by atoms with Gasteiger partial charge in [-0.3, -0.25) is 14.3 Å². The summed E-state index contributed by atoms with van der Waals surface area (Å²) in [5.41, 5.74) is 0. The number of carbonyl (C=O) groups excluding carboxylic acids is 1. The Morgan fingerprint density at radius 3 is 2.70 bits per heavy atom. The molecule has 0 unspecified atom stereocenters. The first-order valence-corrected chi connectivity index (χ1v) is 6.79. The smallest absolute Gasteiger partial charge is 0.307 e. The minimum atomic E-state index is -0.923. The van der Waals surface area contributed by atoms with Crippen molar-refractivity contribution in [2.75, 3.05) is 6.54 Å². The molecule has 0 saturated heterocycles. The van der Waals surface area contributed by atoms with Gasteiger partial charge in [-0.2, -0.15) is 5.10 Å². The number of rotatable bonds is 5. The number of halogens is 1.